The topological polar surface area (TPSA) is 40.4 Å². The molecule has 2 rings (SSSR count). The molecule has 0 aromatic heterocycles. The number of nitrogens with zero attached hydrogens (tertiary/aromatic N) is 1. The summed E-state index contributed by atoms with van der Waals surface area (Å²) in [5.74, 6) is 0.632. The van der Waals surface area contributed by atoms with Crippen molar-refractivity contribution in [3.05, 3.63) is 29.8 Å². The fourth-order valence-corrected chi connectivity index (χ4v) is 1.01. The maximum Gasteiger partial charge on any atom is 0.434 e. The minimum atomic E-state index is -0.497. The van der Waals surface area contributed by atoms with Crippen LogP contribution in [-0.4, -0.2) is 6.09 Å². The van der Waals surface area contributed by atoms with Gasteiger partial charge in [-0.15, -0.1) is 0 Å². The summed E-state index contributed by atoms with van der Waals surface area (Å²) >= 11 is 0. The molecule has 3 nitrogen and oxygen atoms in total. The quantitative estimate of drug-likeness (QED) is 0.556. The molecule has 0 unspecified atom stereocenters. The van der Waals surface area contributed by atoms with E-state index in [1.165, 1.54) is 0 Å². The molecular formula is C8H6NO2. The van der Waals surface area contributed by atoms with Crippen molar-refractivity contribution in [1.29, 1.82) is 0 Å². The van der Waals surface area contributed by atoms with Crippen LogP contribution in [0, 0.1) is 0 Å². The van der Waals surface area contributed by atoms with Gasteiger partial charge in [-0.2, -0.15) is 0 Å². The van der Waals surface area contributed by atoms with Gasteiger partial charge in [-0.05, 0) is 6.07 Å². The van der Waals surface area contributed by atoms with Gasteiger partial charge in [0.1, 0.15) is 5.75 Å². The van der Waals surface area contributed by atoms with Crippen LogP contribution in [0.1, 0.15) is 5.56 Å². The molecule has 1 heterocycles. The van der Waals surface area contributed by atoms with Crippen molar-refractivity contribution in [3.63, 3.8) is 0 Å². The predicted octanol–water partition coefficient (Wildman–Crippen LogP) is 1.30. The molecule has 1 radical (unpaired) electrons. The van der Waals surface area contributed by atoms with Gasteiger partial charge in [0, 0.05) is 5.56 Å². The first-order chi connectivity index (χ1) is 5.36. The molecule has 0 bridgehead atoms. The van der Waals surface area contributed by atoms with Crippen molar-refractivity contribution in [1.82, 2.24) is 5.32 Å². The van der Waals surface area contributed by atoms with Gasteiger partial charge >= 0.3 is 6.09 Å². The third kappa shape index (κ3) is 1.05. The normalized spacial score (nSPS) is 14.7. The Hall–Kier alpha value is -1.51. The number of carbonyl (C=O) groups excluding carboxylic acids is 1. The number of amides is 1. The van der Waals surface area contributed by atoms with E-state index in [4.69, 9.17) is 4.74 Å². The molecular weight excluding hydrogens is 142 g/mol. The highest BCUT2D eigenvalue weighted by atomic mass is 16.6. The molecule has 55 valence electrons. The molecule has 1 amide bonds. The molecule has 1 aromatic carbocycles. The van der Waals surface area contributed by atoms with E-state index in [-0.39, 0.29) is 0 Å². The summed E-state index contributed by atoms with van der Waals surface area (Å²) in [4.78, 5) is 10.6. The first-order valence-corrected chi connectivity index (χ1v) is 3.33. The maximum absolute atomic E-state index is 10.6. The zero-order valence-electron chi connectivity index (χ0n) is 5.78. The second-order valence-electron chi connectivity index (χ2n) is 2.29. The largest absolute Gasteiger partial charge is 0.434 e. The minimum Gasteiger partial charge on any atom is -0.409 e. The maximum atomic E-state index is 10.6. The molecule has 0 aliphatic carbocycles. The Bertz CT molecular complexity index is 296. The monoisotopic (exact) mass is 148 g/mol. The van der Waals surface area contributed by atoms with Gasteiger partial charge in [-0.25, -0.2) is 10.1 Å². The molecule has 0 N–H and O–H groups in total. The van der Waals surface area contributed by atoms with E-state index in [2.05, 4.69) is 5.32 Å². The number of hydrogen-bond donors (Lipinski definition) is 0. The Morgan fingerprint density at radius 2 is 2.18 bits per heavy atom. The molecule has 0 saturated heterocycles. The average Bonchev–Trinajstić information content (AvgIpc) is 2.04. The van der Waals surface area contributed by atoms with Crippen LogP contribution in [0.5, 0.6) is 5.75 Å². The third-order valence-electron chi connectivity index (χ3n) is 1.55. The van der Waals surface area contributed by atoms with Gasteiger partial charge in [0.2, 0.25) is 0 Å². The first kappa shape index (κ1) is 6.22. The number of benzene rings is 1. The Kier molecular flexibility index (Phi) is 1.28. The second-order valence-corrected chi connectivity index (χ2v) is 2.29. The summed E-state index contributed by atoms with van der Waals surface area (Å²) in [5.41, 5.74) is 0.965. The molecule has 1 aromatic rings. The predicted molar refractivity (Wildman–Crippen MR) is 38.3 cm³/mol. The highest BCUT2D eigenvalue weighted by Crippen LogP contribution is 2.20. The molecule has 0 spiro atoms. The van der Waals surface area contributed by atoms with Crippen molar-refractivity contribution in [2.45, 2.75) is 6.54 Å². The van der Waals surface area contributed by atoms with E-state index in [9.17, 15) is 4.79 Å². The average molecular weight is 148 g/mol. The number of fused-ring (bicyclic) bond motifs is 1. The zero-order valence-corrected chi connectivity index (χ0v) is 5.78. The third-order valence-corrected chi connectivity index (χ3v) is 1.55. The Balaban J connectivity index is 2.41. The lowest BCUT2D eigenvalue weighted by molar-refractivity contribution is 0.193. The highest BCUT2D eigenvalue weighted by molar-refractivity contribution is 5.72. The van der Waals surface area contributed by atoms with Crippen LogP contribution in [0.25, 0.3) is 0 Å². The van der Waals surface area contributed by atoms with E-state index >= 15 is 0 Å². The Morgan fingerprint density at radius 1 is 1.36 bits per heavy atom. The van der Waals surface area contributed by atoms with Crippen LogP contribution in [0.2, 0.25) is 0 Å². The number of ether oxygens (including phenoxy) is 1. The Labute approximate surface area is 64.0 Å². The standard InChI is InChI=1S/C8H6NO2/c10-8-9-5-6-3-1-2-4-7(6)11-8/h1-4H,5H2. The summed E-state index contributed by atoms with van der Waals surface area (Å²) in [6.45, 7) is 0.439. The van der Waals surface area contributed by atoms with Gasteiger partial charge in [0.15, 0.2) is 0 Å². The van der Waals surface area contributed by atoms with E-state index in [1.807, 2.05) is 18.2 Å². The molecule has 0 saturated carbocycles. The molecule has 0 atom stereocenters. The van der Waals surface area contributed by atoms with E-state index in [1.54, 1.807) is 6.07 Å². The zero-order chi connectivity index (χ0) is 7.68. The van der Waals surface area contributed by atoms with Crippen molar-refractivity contribution in [3.8, 4) is 5.75 Å². The smallest absolute Gasteiger partial charge is 0.409 e. The summed E-state index contributed by atoms with van der Waals surface area (Å²) in [5, 5.41) is 3.61. The van der Waals surface area contributed by atoms with Crippen LogP contribution >= 0.6 is 0 Å². The number of hydrogen-bond acceptors (Lipinski definition) is 2. The summed E-state index contributed by atoms with van der Waals surface area (Å²) in [6, 6.07) is 7.39. The van der Waals surface area contributed by atoms with Crippen LogP contribution in [-0.2, 0) is 6.54 Å². The number of para-hydroxylation sites is 1. The van der Waals surface area contributed by atoms with E-state index in [0.29, 0.717) is 12.3 Å². The molecule has 3 heteroatoms. The first-order valence-electron chi connectivity index (χ1n) is 3.33. The molecule has 1 aliphatic rings. The van der Waals surface area contributed by atoms with Crippen LogP contribution < -0.4 is 10.1 Å². The van der Waals surface area contributed by atoms with Gasteiger partial charge < -0.3 is 4.74 Å². The van der Waals surface area contributed by atoms with Crippen molar-refractivity contribution >= 4 is 6.09 Å². The minimum absolute atomic E-state index is 0.439. The summed E-state index contributed by atoms with van der Waals surface area (Å²) in [6.07, 6.45) is -0.497. The number of rotatable bonds is 0. The SMILES string of the molecule is O=C1[N]Cc2ccccc2O1. The van der Waals surface area contributed by atoms with E-state index < -0.39 is 6.09 Å². The van der Waals surface area contributed by atoms with Gasteiger partial charge in [0.05, 0.1) is 6.54 Å². The lowest BCUT2D eigenvalue weighted by atomic mass is 10.2. The highest BCUT2D eigenvalue weighted by Gasteiger charge is 2.15. The van der Waals surface area contributed by atoms with Gasteiger partial charge in [0.25, 0.3) is 0 Å². The van der Waals surface area contributed by atoms with E-state index in [0.717, 1.165) is 5.56 Å². The van der Waals surface area contributed by atoms with Gasteiger partial charge in [-0.1, -0.05) is 18.2 Å². The second kappa shape index (κ2) is 2.27. The molecule has 11 heavy (non-hydrogen) atoms. The molecule has 1 aliphatic heterocycles. The Morgan fingerprint density at radius 3 is 3.09 bits per heavy atom. The fourth-order valence-electron chi connectivity index (χ4n) is 1.01. The summed E-state index contributed by atoms with van der Waals surface area (Å²) in [7, 11) is 0. The van der Waals surface area contributed by atoms with Gasteiger partial charge in [-0.3, -0.25) is 0 Å². The van der Waals surface area contributed by atoms with Crippen molar-refractivity contribution in [2.75, 3.05) is 0 Å². The van der Waals surface area contributed by atoms with Crippen LogP contribution in [0.15, 0.2) is 24.3 Å². The number of carbonyl (C=O) groups is 1. The summed E-state index contributed by atoms with van der Waals surface area (Å²) < 4.78 is 4.83. The molecule has 0 fully saturated rings. The fraction of sp³-hybridized carbons (Fsp3) is 0.125. The van der Waals surface area contributed by atoms with Crippen molar-refractivity contribution < 1.29 is 9.53 Å². The lowest BCUT2D eigenvalue weighted by Gasteiger charge is -2.13. The van der Waals surface area contributed by atoms with Crippen molar-refractivity contribution in [2.24, 2.45) is 0 Å². The van der Waals surface area contributed by atoms with Crippen LogP contribution in [0.3, 0.4) is 0 Å². The van der Waals surface area contributed by atoms with Crippen LogP contribution in [0.4, 0.5) is 4.79 Å². The lowest BCUT2D eigenvalue weighted by Crippen LogP contribution is -2.24.